The van der Waals surface area contributed by atoms with E-state index in [1.54, 1.807) is 20.8 Å². The van der Waals surface area contributed by atoms with Gasteiger partial charge in [0.15, 0.2) is 12.4 Å². The number of carbonyl (C=O) groups excluding carboxylic acids is 2. The third-order valence-electron chi connectivity index (χ3n) is 2.64. The Balaban J connectivity index is 2.79. The molecule has 0 amide bonds. The molecule has 0 saturated carbocycles. The van der Waals surface area contributed by atoms with E-state index in [1.165, 1.54) is 6.07 Å². The summed E-state index contributed by atoms with van der Waals surface area (Å²) in [7, 11) is 0. The standard InChI is InChI=1S/C13H16N2O5/c1-13(2,3)11(16)7-20-12(17)9-5-4-8(15(18)19)6-10(9)14/h4-6H,7,14H2,1-3H3. The number of ether oxygens (including phenoxy) is 1. The van der Waals surface area contributed by atoms with Crippen LogP contribution in [0.5, 0.6) is 0 Å². The zero-order valence-electron chi connectivity index (χ0n) is 11.5. The predicted octanol–water partition coefficient (Wildman–Crippen LogP) is 1.95. The van der Waals surface area contributed by atoms with Crippen molar-refractivity contribution in [3.05, 3.63) is 33.9 Å². The van der Waals surface area contributed by atoms with E-state index in [1.807, 2.05) is 0 Å². The van der Waals surface area contributed by atoms with Crippen LogP contribution in [0.2, 0.25) is 0 Å². The second-order valence-electron chi connectivity index (χ2n) is 5.28. The van der Waals surface area contributed by atoms with Crippen LogP contribution in [0.1, 0.15) is 31.1 Å². The molecule has 0 fully saturated rings. The van der Waals surface area contributed by atoms with Gasteiger partial charge in [-0.2, -0.15) is 0 Å². The van der Waals surface area contributed by atoms with Crippen molar-refractivity contribution in [2.75, 3.05) is 12.3 Å². The maximum Gasteiger partial charge on any atom is 0.340 e. The van der Waals surface area contributed by atoms with E-state index < -0.39 is 16.3 Å². The third-order valence-corrected chi connectivity index (χ3v) is 2.64. The van der Waals surface area contributed by atoms with Gasteiger partial charge in [-0.1, -0.05) is 20.8 Å². The van der Waals surface area contributed by atoms with Gasteiger partial charge < -0.3 is 10.5 Å². The highest BCUT2D eigenvalue weighted by molar-refractivity contribution is 5.97. The summed E-state index contributed by atoms with van der Waals surface area (Å²) in [5.41, 5.74) is 4.67. The van der Waals surface area contributed by atoms with Gasteiger partial charge in [-0.15, -0.1) is 0 Å². The Morgan fingerprint density at radius 2 is 1.95 bits per heavy atom. The molecule has 0 aliphatic rings. The first kappa shape index (κ1) is 15.6. The van der Waals surface area contributed by atoms with Gasteiger partial charge in [0, 0.05) is 17.5 Å². The van der Waals surface area contributed by atoms with E-state index in [0.29, 0.717) is 0 Å². The highest BCUT2D eigenvalue weighted by Gasteiger charge is 2.23. The maximum atomic E-state index is 11.8. The minimum Gasteiger partial charge on any atom is -0.454 e. The predicted molar refractivity (Wildman–Crippen MR) is 72.3 cm³/mol. The molecule has 0 unspecified atom stereocenters. The number of rotatable bonds is 4. The lowest BCUT2D eigenvalue weighted by molar-refractivity contribution is -0.384. The van der Waals surface area contributed by atoms with Crippen molar-refractivity contribution in [2.24, 2.45) is 5.41 Å². The Morgan fingerprint density at radius 1 is 1.35 bits per heavy atom. The fraction of sp³-hybridized carbons (Fsp3) is 0.385. The van der Waals surface area contributed by atoms with E-state index in [4.69, 9.17) is 10.5 Å². The minimum absolute atomic E-state index is 0.00249. The summed E-state index contributed by atoms with van der Waals surface area (Å²) >= 11 is 0. The van der Waals surface area contributed by atoms with E-state index in [2.05, 4.69) is 0 Å². The maximum absolute atomic E-state index is 11.8. The Kier molecular flexibility index (Phi) is 4.44. The van der Waals surface area contributed by atoms with Gasteiger partial charge in [-0.25, -0.2) is 4.79 Å². The lowest BCUT2D eigenvalue weighted by Crippen LogP contribution is -2.26. The molecular formula is C13H16N2O5. The van der Waals surface area contributed by atoms with Crippen LogP contribution in [0.25, 0.3) is 0 Å². The molecule has 2 N–H and O–H groups in total. The SMILES string of the molecule is CC(C)(C)C(=O)COC(=O)c1ccc([N+](=O)[O-])cc1N. The number of benzene rings is 1. The normalized spacial score (nSPS) is 10.9. The summed E-state index contributed by atoms with van der Waals surface area (Å²) in [6.07, 6.45) is 0. The van der Waals surface area contributed by atoms with Gasteiger partial charge in [-0.05, 0) is 6.07 Å². The molecule has 1 aromatic carbocycles. The fourth-order valence-electron chi connectivity index (χ4n) is 1.27. The van der Waals surface area contributed by atoms with Crippen LogP contribution in [-0.4, -0.2) is 23.3 Å². The molecule has 0 radical (unpaired) electrons. The summed E-state index contributed by atoms with van der Waals surface area (Å²) in [4.78, 5) is 33.3. The molecule has 0 bridgehead atoms. The fourth-order valence-corrected chi connectivity index (χ4v) is 1.27. The molecule has 1 rings (SSSR count). The average molecular weight is 280 g/mol. The number of esters is 1. The first-order valence-electron chi connectivity index (χ1n) is 5.87. The molecule has 7 nitrogen and oxygen atoms in total. The smallest absolute Gasteiger partial charge is 0.340 e. The number of nitrogens with two attached hydrogens (primary N) is 1. The van der Waals surface area contributed by atoms with E-state index in [0.717, 1.165) is 12.1 Å². The number of nitrogens with zero attached hydrogens (tertiary/aromatic N) is 1. The number of nitrogen functional groups attached to an aromatic ring is 1. The van der Waals surface area contributed by atoms with Crippen LogP contribution < -0.4 is 5.73 Å². The van der Waals surface area contributed by atoms with Crippen LogP contribution in [0.3, 0.4) is 0 Å². The monoisotopic (exact) mass is 280 g/mol. The molecule has 0 heterocycles. The van der Waals surface area contributed by atoms with E-state index in [-0.39, 0.29) is 29.3 Å². The molecule has 0 aromatic heterocycles. The van der Waals surface area contributed by atoms with Crippen molar-refractivity contribution < 1.29 is 19.2 Å². The van der Waals surface area contributed by atoms with Gasteiger partial charge in [0.2, 0.25) is 0 Å². The van der Waals surface area contributed by atoms with Crippen LogP contribution in [0, 0.1) is 15.5 Å². The van der Waals surface area contributed by atoms with E-state index >= 15 is 0 Å². The Labute approximate surface area is 115 Å². The molecule has 108 valence electrons. The number of hydrogen-bond acceptors (Lipinski definition) is 6. The minimum atomic E-state index is -0.782. The lowest BCUT2D eigenvalue weighted by atomic mass is 9.91. The highest BCUT2D eigenvalue weighted by Crippen LogP contribution is 2.21. The molecule has 0 spiro atoms. The van der Waals surface area contributed by atoms with Gasteiger partial charge in [0.1, 0.15) is 0 Å². The number of non-ortho nitro benzene ring substituents is 1. The van der Waals surface area contributed by atoms with Crippen molar-refractivity contribution >= 4 is 23.1 Å². The van der Waals surface area contributed by atoms with Crippen molar-refractivity contribution in [2.45, 2.75) is 20.8 Å². The highest BCUT2D eigenvalue weighted by atomic mass is 16.6. The zero-order valence-corrected chi connectivity index (χ0v) is 11.5. The second kappa shape index (κ2) is 5.68. The van der Waals surface area contributed by atoms with Crippen molar-refractivity contribution in [3.8, 4) is 0 Å². The van der Waals surface area contributed by atoms with Crippen LogP contribution >= 0.6 is 0 Å². The summed E-state index contributed by atoms with van der Waals surface area (Å²) < 4.78 is 4.86. The number of nitro groups is 1. The molecule has 7 heteroatoms. The van der Waals surface area contributed by atoms with Crippen molar-refractivity contribution in [3.63, 3.8) is 0 Å². The lowest BCUT2D eigenvalue weighted by Gasteiger charge is -2.16. The topological polar surface area (TPSA) is 113 Å². The zero-order chi connectivity index (χ0) is 15.5. The Hall–Kier alpha value is -2.44. The van der Waals surface area contributed by atoms with Crippen LogP contribution in [0.15, 0.2) is 18.2 Å². The summed E-state index contributed by atoms with van der Waals surface area (Å²) in [6, 6.07) is 3.43. The molecule has 0 aliphatic heterocycles. The van der Waals surface area contributed by atoms with Gasteiger partial charge in [0.05, 0.1) is 16.2 Å². The summed E-state index contributed by atoms with van der Waals surface area (Å²) in [5.74, 6) is -1.01. The Morgan fingerprint density at radius 3 is 2.40 bits per heavy atom. The molecule has 0 atom stereocenters. The van der Waals surface area contributed by atoms with Crippen molar-refractivity contribution in [1.29, 1.82) is 0 Å². The number of carbonyl (C=O) groups is 2. The van der Waals surface area contributed by atoms with Crippen LogP contribution in [-0.2, 0) is 9.53 Å². The summed E-state index contributed by atoms with van der Waals surface area (Å²) in [5, 5.41) is 10.5. The first-order valence-corrected chi connectivity index (χ1v) is 5.87. The largest absolute Gasteiger partial charge is 0.454 e. The van der Waals surface area contributed by atoms with Gasteiger partial charge >= 0.3 is 5.97 Å². The summed E-state index contributed by atoms with van der Waals surface area (Å²) in [6.45, 7) is 4.77. The second-order valence-corrected chi connectivity index (χ2v) is 5.28. The molecule has 0 aliphatic carbocycles. The van der Waals surface area contributed by atoms with Crippen molar-refractivity contribution in [1.82, 2.24) is 0 Å². The van der Waals surface area contributed by atoms with Crippen LogP contribution in [0.4, 0.5) is 11.4 Å². The molecular weight excluding hydrogens is 264 g/mol. The van der Waals surface area contributed by atoms with Gasteiger partial charge in [-0.3, -0.25) is 14.9 Å². The number of anilines is 1. The number of hydrogen-bond donors (Lipinski definition) is 1. The third kappa shape index (κ3) is 3.78. The number of ketones is 1. The number of nitro benzene ring substituents is 1. The quantitative estimate of drug-likeness (QED) is 0.390. The molecule has 20 heavy (non-hydrogen) atoms. The Bertz CT molecular complexity index is 560. The van der Waals surface area contributed by atoms with E-state index in [9.17, 15) is 19.7 Å². The molecule has 0 saturated heterocycles. The molecule has 1 aromatic rings. The average Bonchev–Trinajstić information content (AvgIpc) is 2.33. The van der Waals surface area contributed by atoms with Gasteiger partial charge in [0.25, 0.3) is 5.69 Å². The number of Topliss-reactive ketones (excluding diaryl/α,β-unsaturated/α-hetero) is 1. The first-order chi connectivity index (χ1) is 9.12.